The van der Waals surface area contributed by atoms with Crippen LogP contribution in [0.4, 0.5) is 0 Å². The van der Waals surface area contributed by atoms with Crippen molar-refractivity contribution in [3.63, 3.8) is 0 Å². The van der Waals surface area contributed by atoms with Crippen molar-refractivity contribution in [2.75, 3.05) is 13.7 Å². The fourth-order valence-electron chi connectivity index (χ4n) is 1.08. The molecule has 0 spiro atoms. The van der Waals surface area contributed by atoms with E-state index in [1.165, 1.54) is 0 Å². The first-order chi connectivity index (χ1) is 6.31. The molecule has 0 fully saturated rings. The van der Waals surface area contributed by atoms with Gasteiger partial charge in [0.05, 0.1) is 0 Å². The summed E-state index contributed by atoms with van der Waals surface area (Å²) in [6.07, 6.45) is 1.38. The summed E-state index contributed by atoms with van der Waals surface area (Å²) in [6, 6.07) is 0. The summed E-state index contributed by atoms with van der Waals surface area (Å²) in [6.45, 7) is 2.53. The van der Waals surface area contributed by atoms with Crippen molar-refractivity contribution in [3.8, 4) is 0 Å². The summed E-state index contributed by atoms with van der Waals surface area (Å²) >= 11 is 0. The second-order valence-corrected chi connectivity index (χ2v) is 2.72. The minimum atomic E-state index is -0.0738. The number of nitrogens with two attached hydrogens (primary N) is 1. The zero-order chi connectivity index (χ0) is 9.68. The molecule has 0 aliphatic heterocycles. The van der Waals surface area contributed by atoms with E-state index in [9.17, 15) is 0 Å². The third kappa shape index (κ3) is 2.50. The van der Waals surface area contributed by atoms with Crippen LogP contribution >= 0.6 is 0 Å². The van der Waals surface area contributed by atoms with Gasteiger partial charge in [0.15, 0.2) is 0 Å². The summed E-state index contributed by atoms with van der Waals surface area (Å²) < 4.78 is 10.1. The third-order valence-corrected chi connectivity index (χ3v) is 1.79. The molecule has 5 heteroatoms. The van der Waals surface area contributed by atoms with Gasteiger partial charge in [-0.2, -0.15) is 4.98 Å². The van der Waals surface area contributed by atoms with Crippen LogP contribution in [-0.4, -0.2) is 23.8 Å². The SMILES string of the molecule is CCC(OC)c1noc(CCN)n1. The number of aromatic nitrogens is 2. The zero-order valence-corrected chi connectivity index (χ0v) is 7.99. The molecule has 1 atom stereocenters. The minimum Gasteiger partial charge on any atom is -0.373 e. The molecule has 0 aliphatic rings. The molecule has 0 amide bonds. The van der Waals surface area contributed by atoms with E-state index in [1.807, 2.05) is 6.92 Å². The standard InChI is InChI=1S/C8H15N3O2/c1-3-6(12-2)8-10-7(4-5-9)13-11-8/h6H,3-5,9H2,1-2H3. The molecule has 0 saturated carbocycles. The van der Waals surface area contributed by atoms with Gasteiger partial charge < -0.3 is 15.0 Å². The van der Waals surface area contributed by atoms with Crippen molar-refractivity contribution in [1.82, 2.24) is 10.1 Å². The van der Waals surface area contributed by atoms with Crippen molar-refractivity contribution < 1.29 is 9.26 Å². The number of hydrogen-bond donors (Lipinski definition) is 1. The topological polar surface area (TPSA) is 74.2 Å². The first-order valence-electron chi connectivity index (χ1n) is 4.37. The van der Waals surface area contributed by atoms with E-state index in [2.05, 4.69) is 10.1 Å². The van der Waals surface area contributed by atoms with Crippen molar-refractivity contribution in [2.45, 2.75) is 25.9 Å². The van der Waals surface area contributed by atoms with Crippen molar-refractivity contribution in [1.29, 1.82) is 0 Å². The monoisotopic (exact) mass is 185 g/mol. The molecule has 1 heterocycles. The maximum Gasteiger partial charge on any atom is 0.228 e. The van der Waals surface area contributed by atoms with Crippen LogP contribution < -0.4 is 5.73 Å². The van der Waals surface area contributed by atoms with Crippen molar-refractivity contribution in [3.05, 3.63) is 11.7 Å². The van der Waals surface area contributed by atoms with Crippen LogP contribution in [0.5, 0.6) is 0 Å². The van der Waals surface area contributed by atoms with Crippen LogP contribution in [-0.2, 0) is 11.2 Å². The highest BCUT2D eigenvalue weighted by molar-refractivity contribution is 4.91. The van der Waals surface area contributed by atoms with Crippen LogP contribution in [0.2, 0.25) is 0 Å². The quantitative estimate of drug-likeness (QED) is 0.729. The summed E-state index contributed by atoms with van der Waals surface area (Å²) in [5.41, 5.74) is 5.35. The Labute approximate surface area is 77.3 Å². The molecule has 13 heavy (non-hydrogen) atoms. The average Bonchev–Trinajstić information content (AvgIpc) is 2.56. The van der Waals surface area contributed by atoms with Gasteiger partial charge in [0.1, 0.15) is 6.10 Å². The number of hydrogen-bond acceptors (Lipinski definition) is 5. The van der Waals surface area contributed by atoms with Crippen LogP contribution in [0.25, 0.3) is 0 Å². The predicted octanol–water partition coefficient (Wildman–Crippen LogP) is 0.668. The van der Waals surface area contributed by atoms with E-state index in [0.717, 1.165) is 6.42 Å². The summed E-state index contributed by atoms with van der Waals surface area (Å²) in [7, 11) is 1.63. The fourth-order valence-corrected chi connectivity index (χ4v) is 1.08. The Morgan fingerprint density at radius 2 is 2.38 bits per heavy atom. The molecule has 0 aliphatic carbocycles. The largest absolute Gasteiger partial charge is 0.373 e. The van der Waals surface area contributed by atoms with Gasteiger partial charge in [-0.1, -0.05) is 12.1 Å². The molecule has 0 aromatic carbocycles. The van der Waals surface area contributed by atoms with Gasteiger partial charge in [-0.25, -0.2) is 0 Å². The van der Waals surface area contributed by atoms with Crippen LogP contribution in [0, 0.1) is 0 Å². The molecular weight excluding hydrogens is 170 g/mol. The highest BCUT2D eigenvalue weighted by Crippen LogP contribution is 2.16. The van der Waals surface area contributed by atoms with Gasteiger partial charge in [-0.3, -0.25) is 0 Å². The average molecular weight is 185 g/mol. The third-order valence-electron chi connectivity index (χ3n) is 1.79. The van der Waals surface area contributed by atoms with Gasteiger partial charge in [0.25, 0.3) is 0 Å². The highest BCUT2D eigenvalue weighted by atomic mass is 16.5. The molecule has 1 aromatic rings. The second kappa shape index (κ2) is 4.94. The van der Waals surface area contributed by atoms with E-state index in [1.54, 1.807) is 7.11 Å². The smallest absolute Gasteiger partial charge is 0.228 e. The first kappa shape index (κ1) is 10.1. The maximum absolute atomic E-state index is 5.35. The summed E-state index contributed by atoms with van der Waals surface area (Å²) in [5.74, 6) is 1.18. The molecule has 2 N–H and O–H groups in total. The second-order valence-electron chi connectivity index (χ2n) is 2.72. The lowest BCUT2D eigenvalue weighted by atomic mass is 10.2. The van der Waals surface area contributed by atoms with E-state index in [-0.39, 0.29) is 6.10 Å². The van der Waals surface area contributed by atoms with E-state index >= 15 is 0 Å². The molecule has 1 aromatic heterocycles. The Bertz CT molecular complexity index is 245. The Balaban J connectivity index is 2.66. The lowest BCUT2D eigenvalue weighted by Crippen LogP contribution is -2.04. The lowest BCUT2D eigenvalue weighted by Gasteiger charge is -2.05. The fraction of sp³-hybridized carbons (Fsp3) is 0.750. The van der Waals surface area contributed by atoms with Gasteiger partial charge in [0.2, 0.25) is 11.7 Å². The molecule has 1 rings (SSSR count). The van der Waals surface area contributed by atoms with E-state index < -0.39 is 0 Å². The molecule has 0 radical (unpaired) electrons. The maximum atomic E-state index is 5.35. The van der Waals surface area contributed by atoms with Crippen molar-refractivity contribution >= 4 is 0 Å². The Kier molecular flexibility index (Phi) is 3.85. The van der Waals surface area contributed by atoms with Crippen LogP contribution in [0.1, 0.15) is 31.2 Å². The molecule has 0 bridgehead atoms. The normalized spacial score (nSPS) is 13.2. The molecule has 74 valence electrons. The Hall–Kier alpha value is -0.940. The number of rotatable bonds is 5. The number of ether oxygens (including phenoxy) is 1. The molecule has 0 saturated heterocycles. The van der Waals surface area contributed by atoms with Gasteiger partial charge in [-0.05, 0) is 6.42 Å². The van der Waals surface area contributed by atoms with E-state index in [0.29, 0.717) is 24.7 Å². The summed E-state index contributed by atoms with van der Waals surface area (Å²) in [5, 5.41) is 3.81. The lowest BCUT2D eigenvalue weighted by molar-refractivity contribution is 0.0903. The molecule has 5 nitrogen and oxygen atoms in total. The first-order valence-corrected chi connectivity index (χ1v) is 4.37. The minimum absolute atomic E-state index is 0.0738. The zero-order valence-electron chi connectivity index (χ0n) is 7.99. The Morgan fingerprint density at radius 1 is 1.62 bits per heavy atom. The number of nitrogens with zero attached hydrogens (tertiary/aromatic N) is 2. The Morgan fingerprint density at radius 3 is 2.92 bits per heavy atom. The van der Waals surface area contributed by atoms with Gasteiger partial charge in [0, 0.05) is 20.1 Å². The van der Waals surface area contributed by atoms with Gasteiger partial charge >= 0.3 is 0 Å². The van der Waals surface area contributed by atoms with Crippen LogP contribution in [0.3, 0.4) is 0 Å². The molecular formula is C8H15N3O2. The number of methoxy groups -OCH3 is 1. The predicted molar refractivity (Wildman–Crippen MR) is 47.1 cm³/mol. The van der Waals surface area contributed by atoms with Crippen LogP contribution in [0.15, 0.2) is 4.52 Å². The van der Waals surface area contributed by atoms with E-state index in [4.69, 9.17) is 15.0 Å². The van der Waals surface area contributed by atoms with Crippen molar-refractivity contribution in [2.24, 2.45) is 5.73 Å². The summed E-state index contributed by atoms with van der Waals surface area (Å²) in [4.78, 5) is 4.16. The molecule has 1 unspecified atom stereocenters. The highest BCUT2D eigenvalue weighted by Gasteiger charge is 2.14. The van der Waals surface area contributed by atoms with Gasteiger partial charge in [-0.15, -0.1) is 0 Å².